The molecule has 0 radical (unpaired) electrons. The summed E-state index contributed by atoms with van der Waals surface area (Å²) in [5.74, 6) is 0.626. The first-order valence-electron chi connectivity index (χ1n) is 9.33. The third-order valence-electron chi connectivity index (χ3n) is 4.49. The summed E-state index contributed by atoms with van der Waals surface area (Å²) in [5, 5.41) is 8.23. The zero-order valence-corrected chi connectivity index (χ0v) is 15.9. The molecule has 2 aromatic carbocycles. The SMILES string of the molecule is CCCCn1c(Oc2ccc(C)cc2)nc2c(nnn2-c2ccccc2)c1=O. The van der Waals surface area contributed by atoms with Crippen LogP contribution in [-0.2, 0) is 6.54 Å². The van der Waals surface area contributed by atoms with E-state index in [-0.39, 0.29) is 17.1 Å². The first kappa shape index (κ1) is 17.9. The van der Waals surface area contributed by atoms with Crippen molar-refractivity contribution < 1.29 is 4.74 Å². The Kier molecular flexibility index (Phi) is 4.89. The molecule has 7 heteroatoms. The Balaban J connectivity index is 1.87. The molecule has 0 N–H and O–H groups in total. The molecule has 142 valence electrons. The molecule has 28 heavy (non-hydrogen) atoms. The lowest BCUT2D eigenvalue weighted by atomic mass is 10.2. The average molecular weight is 375 g/mol. The number of hydrogen-bond acceptors (Lipinski definition) is 5. The summed E-state index contributed by atoms with van der Waals surface area (Å²) in [6.45, 7) is 4.59. The summed E-state index contributed by atoms with van der Waals surface area (Å²) >= 11 is 0. The number of ether oxygens (including phenoxy) is 1. The van der Waals surface area contributed by atoms with Crippen LogP contribution in [0.25, 0.3) is 16.9 Å². The summed E-state index contributed by atoms with van der Waals surface area (Å²) in [6, 6.07) is 17.4. The number of fused-ring (bicyclic) bond motifs is 1. The predicted octanol–water partition coefficient (Wildman–Crippen LogP) is 3.88. The van der Waals surface area contributed by atoms with E-state index in [0.717, 1.165) is 24.1 Å². The van der Waals surface area contributed by atoms with Crippen LogP contribution >= 0.6 is 0 Å². The van der Waals surface area contributed by atoms with Gasteiger partial charge in [-0.2, -0.15) is 9.67 Å². The number of hydrogen-bond donors (Lipinski definition) is 0. The number of rotatable bonds is 6. The fourth-order valence-corrected chi connectivity index (χ4v) is 2.93. The van der Waals surface area contributed by atoms with E-state index in [9.17, 15) is 4.79 Å². The molecule has 0 saturated carbocycles. The molecule has 7 nitrogen and oxygen atoms in total. The van der Waals surface area contributed by atoms with E-state index in [1.165, 1.54) is 4.57 Å². The van der Waals surface area contributed by atoms with Crippen LogP contribution in [0.1, 0.15) is 25.3 Å². The minimum Gasteiger partial charge on any atom is -0.425 e. The molecule has 0 unspecified atom stereocenters. The van der Waals surface area contributed by atoms with Crippen molar-refractivity contribution in [1.82, 2.24) is 24.5 Å². The third kappa shape index (κ3) is 3.38. The van der Waals surface area contributed by atoms with Crippen molar-refractivity contribution in [2.75, 3.05) is 0 Å². The molecule has 0 amide bonds. The highest BCUT2D eigenvalue weighted by Crippen LogP contribution is 2.22. The van der Waals surface area contributed by atoms with Crippen LogP contribution in [0.4, 0.5) is 0 Å². The smallest absolute Gasteiger partial charge is 0.306 e. The second kappa shape index (κ2) is 7.64. The Bertz CT molecular complexity index is 1150. The normalized spacial score (nSPS) is 11.1. The molecule has 4 aromatic rings. The molecule has 0 bridgehead atoms. The van der Waals surface area contributed by atoms with Gasteiger partial charge in [-0.15, -0.1) is 5.10 Å². The van der Waals surface area contributed by atoms with E-state index in [0.29, 0.717) is 17.9 Å². The molecule has 2 heterocycles. The molecule has 0 aliphatic carbocycles. The molecular weight excluding hydrogens is 354 g/mol. The second-order valence-corrected chi connectivity index (χ2v) is 6.63. The molecule has 0 atom stereocenters. The number of para-hydroxylation sites is 1. The standard InChI is InChI=1S/C21H21N5O2/c1-3-4-14-25-20(27)18-19(26(24-23-18)16-8-6-5-7-9-16)22-21(25)28-17-12-10-15(2)11-13-17/h5-13H,3-4,14H2,1-2H3. The first-order valence-corrected chi connectivity index (χ1v) is 9.33. The van der Waals surface area contributed by atoms with Crippen LogP contribution < -0.4 is 10.3 Å². The Hall–Kier alpha value is -3.48. The maximum absolute atomic E-state index is 13.1. The van der Waals surface area contributed by atoms with Crippen LogP contribution in [0, 0.1) is 6.92 Å². The van der Waals surface area contributed by atoms with Gasteiger partial charge < -0.3 is 4.74 Å². The summed E-state index contributed by atoms with van der Waals surface area (Å²) in [5.41, 5.74) is 2.28. The largest absolute Gasteiger partial charge is 0.425 e. The van der Waals surface area contributed by atoms with Crippen molar-refractivity contribution in [2.45, 2.75) is 33.2 Å². The first-order chi connectivity index (χ1) is 13.7. The van der Waals surface area contributed by atoms with Crippen molar-refractivity contribution in [1.29, 1.82) is 0 Å². The summed E-state index contributed by atoms with van der Waals surface area (Å²) < 4.78 is 9.09. The molecule has 0 aliphatic rings. The minimum atomic E-state index is -0.247. The van der Waals surface area contributed by atoms with Gasteiger partial charge in [0.15, 0.2) is 11.2 Å². The number of aryl methyl sites for hydroxylation is 1. The van der Waals surface area contributed by atoms with Crippen LogP contribution in [0.2, 0.25) is 0 Å². The van der Waals surface area contributed by atoms with E-state index in [2.05, 4.69) is 22.2 Å². The van der Waals surface area contributed by atoms with Crippen molar-refractivity contribution >= 4 is 11.2 Å². The van der Waals surface area contributed by atoms with Crippen molar-refractivity contribution in [3.05, 3.63) is 70.5 Å². The monoisotopic (exact) mass is 375 g/mol. The van der Waals surface area contributed by atoms with Gasteiger partial charge in [0.2, 0.25) is 0 Å². The summed E-state index contributed by atoms with van der Waals surface area (Å²) in [4.78, 5) is 17.7. The van der Waals surface area contributed by atoms with Gasteiger partial charge in [0, 0.05) is 6.54 Å². The second-order valence-electron chi connectivity index (χ2n) is 6.63. The number of benzene rings is 2. The molecule has 0 aliphatic heterocycles. The topological polar surface area (TPSA) is 74.8 Å². The molecule has 4 rings (SSSR count). The van der Waals surface area contributed by atoms with E-state index in [1.54, 1.807) is 4.68 Å². The molecule has 0 fully saturated rings. The highest BCUT2D eigenvalue weighted by molar-refractivity contribution is 5.71. The van der Waals surface area contributed by atoms with Crippen molar-refractivity contribution in [2.24, 2.45) is 0 Å². The molecular formula is C21H21N5O2. The molecule has 0 spiro atoms. The van der Waals surface area contributed by atoms with Crippen LogP contribution in [0.3, 0.4) is 0 Å². The van der Waals surface area contributed by atoms with E-state index >= 15 is 0 Å². The van der Waals surface area contributed by atoms with Gasteiger partial charge in [0.1, 0.15) is 5.75 Å². The Morgan fingerprint density at radius 2 is 1.79 bits per heavy atom. The minimum absolute atomic E-state index is 0.233. The Morgan fingerprint density at radius 1 is 1.04 bits per heavy atom. The molecule has 0 saturated heterocycles. The van der Waals surface area contributed by atoms with Crippen LogP contribution in [0.5, 0.6) is 11.8 Å². The fraction of sp³-hybridized carbons (Fsp3) is 0.238. The van der Waals surface area contributed by atoms with Gasteiger partial charge in [0.25, 0.3) is 5.56 Å². The van der Waals surface area contributed by atoms with Gasteiger partial charge in [-0.05, 0) is 37.6 Å². The zero-order valence-electron chi connectivity index (χ0n) is 15.9. The van der Waals surface area contributed by atoms with Gasteiger partial charge in [-0.25, -0.2) is 0 Å². The van der Waals surface area contributed by atoms with Gasteiger partial charge in [-0.3, -0.25) is 9.36 Å². The van der Waals surface area contributed by atoms with E-state index < -0.39 is 0 Å². The lowest BCUT2D eigenvalue weighted by Crippen LogP contribution is -2.23. The predicted molar refractivity (Wildman–Crippen MR) is 107 cm³/mol. The Morgan fingerprint density at radius 3 is 2.50 bits per heavy atom. The third-order valence-corrected chi connectivity index (χ3v) is 4.49. The zero-order chi connectivity index (χ0) is 19.5. The maximum Gasteiger partial charge on any atom is 0.306 e. The van der Waals surface area contributed by atoms with Gasteiger partial charge >= 0.3 is 6.01 Å². The Labute approximate surface area is 162 Å². The maximum atomic E-state index is 13.1. The molecule has 2 aromatic heterocycles. The van der Waals surface area contributed by atoms with E-state index in [1.807, 2.05) is 61.5 Å². The highest BCUT2D eigenvalue weighted by Gasteiger charge is 2.18. The van der Waals surface area contributed by atoms with Gasteiger partial charge in [0.05, 0.1) is 5.69 Å². The van der Waals surface area contributed by atoms with E-state index in [4.69, 9.17) is 4.74 Å². The lowest BCUT2D eigenvalue weighted by Gasteiger charge is -2.12. The summed E-state index contributed by atoms with van der Waals surface area (Å²) in [6.07, 6.45) is 1.79. The van der Waals surface area contributed by atoms with Crippen molar-refractivity contribution in [3.8, 4) is 17.4 Å². The lowest BCUT2D eigenvalue weighted by molar-refractivity contribution is 0.395. The fourth-order valence-electron chi connectivity index (χ4n) is 2.93. The summed E-state index contributed by atoms with van der Waals surface area (Å²) in [7, 11) is 0. The highest BCUT2D eigenvalue weighted by atomic mass is 16.5. The average Bonchev–Trinajstić information content (AvgIpc) is 3.14. The quantitative estimate of drug-likeness (QED) is 0.511. The number of nitrogens with zero attached hydrogens (tertiary/aromatic N) is 5. The van der Waals surface area contributed by atoms with Crippen LogP contribution in [-0.4, -0.2) is 24.5 Å². The van der Waals surface area contributed by atoms with Gasteiger partial charge in [-0.1, -0.05) is 54.5 Å². The van der Waals surface area contributed by atoms with Crippen molar-refractivity contribution in [3.63, 3.8) is 0 Å². The van der Waals surface area contributed by atoms with Crippen LogP contribution in [0.15, 0.2) is 59.4 Å². The number of aromatic nitrogens is 5. The number of unbranched alkanes of at least 4 members (excludes halogenated alkanes) is 1.